The van der Waals surface area contributed by atoms with Crippen LogP contribution >= 0.6 is 0 Å². The molecule has 1 saturated carbocycles. The lowest BCUT2D eigenvalue weighted by molar-refractivity contribution is -0.136. The normalized spacial score (nSPS) is 19.4. The van der Waals surface area contributed by atoms with Crippen LogP contribution in [-0.4, -0.2) is 28.9 Å². The fraction of sp³-hybridized carbons (Fsp3) is 0.750. The maximum atomic E-state index is 12.2. The van der Waals surface area contributed by atoms with E-state index in [0.29, 0.717) is 12.6 Å². The summed E-state index contributed by atoms with van der Waals surface area (Å²) < 4.78 is 0. The zero-order chi connectivity index (χ0) is 11.5. The van der Waals surface area contributed by atoms with E-state index in [1.54, 1.807) is 6.08 Å². The Morgan fingerprint density at radius 1 is 1.67 bits per heavy atom. The van der Waals surface area contributed by atoms with Gasteiger partial charge in [-0.25, -0.2) is 0 Å². The maximum absolute atomic E-state index is 12.2. The van der Waals surface area contributed by atoms with E-state index >= 15 is 0 Å². The molecule has 1 aliphatic carbocycles. The lowest BCUT2D eigenvalue weighted by atomic mass is 9.95. The molecule has 0 aromatic carbocycles. The molecule has 15 heavy (non-hydrogen) atoms. The van der Waals surface area contributed by atoms with Crippen molar-refractivity contribution in [2.45, 2.75) is 51.1 Å². The molecule has 1 fully saturated rings. The van der Waals surface area contributed by atoms with Gasteiger partial charge in [0.15, 0.2) is 0 Å². The predicted octanol–water partition coefficient (Wildman–Crippen LogP) is 1.68. The first-order chi connectivity index (χ1) is 7.03. The fourth-order valence-electron chi connectivity index (χ4n) is 1.88. The average molecular weight is 210 g/mol. The molecule has 0 aromatic rings. The van der Waals surface area contributed by atoms with Gasteiger partial charge in [0.05, 0.1) is 5.54 Å². The minimum atomic E-state index is -0.708. The molecule has 0 aliphatic heterocycles. The Morgan fingerprint density at radius 2 is 2.27 bits per heavy atom. The third-order valence-electron chi connectivity index (χ3n) is 2.83. The summed E-state index contributed by atoms with van der Waals surface area (Å²) in [6, 6.07) is 0.412. The zero-order valence-electron chi connectivity index (χ0n) is 9.83. The number of nitrogens with zero attached hydrogens (tertiary/aromatic N) is 1. The summed E-state index contributed by atoms with van der Waals surface area (Å²) in [4.78, 5) is 14.1. The van der Waals surface area contributed by atoms with Gasteiger partial charge >= 0.3 is 0 Å². The van der Waals surface area contributed by atoms with Crippen molar-refractivity contribution in [3.63, 3.8) is 0 Å². The maximum Gasteiger partial charge on any atom is 0.242 e. The molecular formula is C12H22N2O. The molecule has 0 aromatic heterocycles. The van der Waals surface area contributed by atoms with Gasteiger partial charge in [-0.05, 0) is 26.2 Å². The molecule has 0 saturated heterocycles. The highest BCUT2D eigenvalue weighted by Crippen LogP contribution is 2.29. The number of amides is 1. The molecule has 1 unspecified atom stereocenters. The van der Waals surface area contributed by atoms with Crippen LogP contribution in [0.5, 0.6) is 0 Å². The molecular weight excluding hydrogens is 188 g/mol. The number of hydrogen-bond acceptors (Lipinski definition) is 2. The number of carbonyl (C=O) groups excluding carboxylic acids is 1. The summed E-state index contributed by atoms with van der Waals surface area (Å²) in [6.07, 6.45) is 5.68. The topological polar surface area (TPSA) is 46.3 Å². The van der Waals surface area contributed by atoms with Crippen LogP contribution in [0, 0.1) is 0 Å². The summed E-state index contributed by atoms with van der Waals surface area (Å²) in [6.45, 7) is 8.19. The van der Waals surface area contributed by atoms with E-state index in [4.69, 9.17) is 5.73 Å². The monoisotopic (exact) mass is 210 g/mol. The van der Waals surface area contributed by atoms with Crippen molar-refractivity contribution in [2.24, 2.45) is 5.73 Å². The van der Waals surface area contributed by atoms with Gasteiger partial charge in [-0.3, -0.25) is 4.79 Å². The highest BCUT2D eigenvalue weighted by Gasteiger charge is 2.38. The van der Waals surface area contributed by atoms with E-state index in [0.717, 1.165) is 25.7 Å². The van der Waals surface area contributed by atoms with E-state index < -0.39 is 5.54 Å². The third kappa shape index (κ3) is 3.06. The van der Waals surface area contributed by atoms with Crippen molar-refractivity contribution in [1.82, 2.24) is 4.90 Å². The summed E-state index contributed by atoms with van der Waals surface area (Å²) in [5.74, 6) is 0.0757. The van der Waals surface area contributed by atoms with Gasteiger partial charge in [0, 0.05) is 12.6 Å². The van der Waals surface area contributed by atoms with Crippen LogP contribution in [0.15, 0.2) is 12.7 Å². The molecule has 3 nitrogen and oxygen atoms in total. The quantitative estimate of drug-likeness (QED) is 0.678. The van der Waals surface area contributed by atoms with Gasteiger partial charge in [-0.1, -0.05) is 19.4 Å². The molecule has 0 bridgehead atoms. The molecule has 0 spiro atoms. The summed E-state index contributed by atoms with van der Waals surface area (Å²) in [5, 5.41) is 0. The van der Waals surface area contributed by atoms with Crippen molar-refractivity contribution >= 4 is 5.91 Å². The average Bonchev–Trinajstić information content (AvgIpc) is 2.96. The smallest absolute Gasteiger partial charge is 0.242 e. The fourth-order valence-corrected chi connectivity index (χ4v) is 1.88. The van der Waals surface area contributed by atoms with E-state index in [9.17, 15) is 4.79 Å². The lowest BCUT2D eigenvalue weighted by Gasteiger charge is -2.31. The van der Waals surface area contributed by atoms with Crippen LogP contribution in [0.3, 0.4) is 0 Å². The number of nitrogens with two attached hydrogens (primary N) is 1. The molecule has 86 valence electrons. The van der Waals surface area contributed by atoms with Gasteiger partial charge in [0.25, 0.3) is 0 Å². The van der Waals surface area contributed by atoms with Gasteiger partial charge in [0.2, 0.25) is 5.91 Å². The molecule has 1 rings (SSSR count). The van der Waals surface area contributed by atoms with Crippen LogP contribution < -0.4 is 5.73 Å². The highest BCUT2D eigenvalue weighted by atomic mass is 16.2. The number of carbonyl (C=O) groups is 1. The molecule has 1 amide bonds. The second-order valence-electron chi connectivity index (χ2n) is 4.64. The van der Waals surface area contributed by atoms with Crippen molar-refractivity contribution in [3.05, 3.63) is 12.7 Å². The van der Waals surface area contributed by atoms with E-state index in [1.807, 2.05) is 18.7 Å². The third-order valence-corrected chi connectivity index (χ3v) is 2.83. The summed E-state index contributed by atoms with van der Waals surface area (Å²) in [7, 11) is 0. The van der Waals surface area contributed by atoms with E-state index in [-0.39, 0.29) is 5.91 Å². The Bertz CT molecular complexity index is 244. The van der Waals surface area contributed by atoms with Crippen LogP contribution in [0.1, 0.15) is 39.5 Å². The van der Waals surface area contributed by atoms with Crippen LogP contribution in [0.4, 0.5) is 0 Å². The Hall–Kier alpha value is -0.830. The van der Waals surface area contributed by atoms with Gasteiger partial charge in [-0.2, -0.15) is 0 Å². The Balaban J connectivity index is 2.65. The molecule has 1 aliphatic rings. The second-order valence-corrected chi connectivity index (χ2v) is 4.64. The lowest BCUT2D eigenvalue weighted by Crippen LogP contribution is -2.53. The van der Waals surface area contributed by atoms with Crippen molar-refractivity contribution < 1.29 is 4.79 Å². The number of rotatable bonds is 6. The largest absolute Gasteiger partial charge is 0.334 e. The zero-order valence-corrected chi connectivity index (χ0v) is 9.83. The van der Waals surface area contributed by atoms with E-state index in [1.165, 1.54) is 0 Å². The Kier molecular flexibility index (Phi) is 3.91. The molecule has 3 heteroatoms. The second kappa shape index (κ2) is 4.79. The highest BCUT2D eigenvalue weighted by molar-refractivity contribution is 5.86. The first-order valence-electron chi connectivity index (χ1n) is 5.73. The predicted molar refractivity (Wildman–Crippen MR) is 62.4 cm³/mol. The van der Waals surface area contributed by atoms with Crippen LogP contribution in [0.2, 0.25) is 0 Å². The van der Waals surface area contributed by atoms with Crippen molar-refractivity contribution in [1.29, 1.82) is 0 Å². The molecule has 0 radical (unpaired) electrons. The molecule has 1 atom stereocenters. The summed E-state index contributed by atoms with van der Waals surface area (Å²) in [5.41, 5.74) is 5.33. The minimum absolute atomic E-state index is 0.0757. The van der Waals surface area contributed by atoms with Crippen LogP contribution in [-0.2, 0) is 4.79 Å². The standard InChI is InChI=1S/C12H22N2O/c1-4-8-12(3,13)11(15)14(9-5-2)10-6-7-10/h5,10H,2,4,6-9,13H2,1,3H3. The number of hydrogen-bond donors (Lipinski definition) is 1. The first kappa shape index (κ1) is 12.2. The van der Waals surface area contributed by atoms with Crippen molar-refractivity contribution in [3.8, 4) is 0 Å². The van der Waals surface area contributed by atoms with Gasteiger partial charge in [0.1, 0.15) is 0 Å². The van der Waals surface area contributed by atoms with Gasteiger partial charge in [-0.15, -0.1) is 6.58 Å². The SMILES string of the molecule is C=CCN(C(=O)C(C)(N)CCC)C1CC1. The minimum Gasteiger partial charge on any atom is -0.334 e. The molecule has 2 N–H and O–H groups in total. The molecule has 0 heterocycles. The first-order valence-corrected chi connectivity index (χ1v) is 5.73. The van der Waals surface area contributed by atoms with Crippen molar-refractivity contribution in [2.75, 3.05) is 6.54 Å². The van der Waals surface area contributed by atoms with E-state index in [2.05, 4.69) is 6.58 Å². The Labute approximate surface area is 92.3 Å². The van der Waals surface area contributed by atoms with Gasteiger partial charge < -0.3 is 10.6 Å². The van der Waals surface area contributed by atoms with Crippen LogP contribution in [0.25, 0.3) is 0 Å². The Morgan fingerprint density at radius 3 is 2.67 bits per heavy atom. The summed E-state index contributed by atoms with van der Waals surface area (Å²) >= 11 is 0.